The van der Waals surface area contributed by atoms with E-state index < -0.39 is 43.3 Å². The molecule has 2 aromatic carbocycles. The predicted octanol–water partition coefficient (Wildman–Crippen LogP) is 0.222. The van der Waals surface area contributed by atoms with Gasteiger partial charge in [-0.2, -0.15) is 0 Å². The van der Waals surface area contributed by atoms with E-state index in [4.69, 9.17) is 14.2 Å². The Kier molecular flexibility index (Phi) is 6.61. The molecule has 1 heterocycles. The fourth-order valence-corrected chi connectivity index (χ4v) is 2.77. The van der Waals surface area contributed by atoms with Crippen molar-refractivity contribution in [3.05, 3.63) is 65.7 Å². The molecule has 0 aromatic heterocycles. The molecule has 0 amide bonds. The van der Waals surface area contributed by atoms with Gasteiger partial charge in [0.25, 0.3) is 0 Å². The maximum Gasteiger partial charge on any atom is 0.338 e. The highest BCUT2D eigenvalue weighted by molar-refractivity contribution is 5.89. The van der Waals surface area contributed by atoms with Gasteiger partial charge in [0.05, 0.1) is 12.2 Å². The molecule has 0 bridgehead atoms. The number of aliphatic hydroxyl groups excluding tert-OH is 4. The zero-order chi connectivity index (χ0) is 20.1. The first-order valence-electron chi connectivity index (χ1n) is 8.78. The van der Waals surface area contributed by atoms with Crippen LogP contribution in [0.5, 0.6) is 5.75 Å². The van der Waals surface area contributed by atoms with Crippen molar-refractivity contribution in [3.63, 3.8) is 0 Å². The lowest BCUT2D eigenvalue weighted by atomic mass is 9.99. The molecule has 1 saturated heterocycles. The molecule has 0 radical (unpaired) electrons. The fraction of sp³-hybridized carbons (Fsp3) is 0.350. The second kappa shape index (κ2) is 9.13. The van der Waals surface area contributed by atoms with Crippen molar-refractivity contribution in [2.24, 2.45) is 0 Å². The molecular weight excluding hydrogens is 368 g/mol. The van der Waals surface area contributed by atoms with E-state index in [1.807, 2.05) is 6.07 Å². The van der Waals surface area contributed by atoms with Gasteiger partial charge in [0.1, 0.15) is 36.8 Å². The second-order valence-electron chi connectivity index (χ2n) is 6.40. The largest absolute Gasteiger partial charge is 0.462 e. The molecule has 1 aliphatic heterocycles. The molecule has 2 aromatic rings. The minimum Gasteiger partial charge on any atom is -0.462 e. The van der Waals surface area contributed by atoms with Crippen LogP contribution in [0.1, 0.15) is 15.9 Å². The standard InChI is InChI=1S/C20H22O8/c21-10-15-16(22)17(23)18(24)20(28-15)27-14-8-6-12(7-9-14)11-26-19(25)13-4-2-1-3-5-13/h1-9,15-18,20-24H,10-11H2/t15-,16-,17+,18-,20-/m1/s1. The average molecular weight is 390 g/mol. The van der Waals surface area contributed by atoms with Crippen LogP contribution in [0.2, 0.25) is 0 Å². The van der Waals surface area contributed by atoms with Crippen molar-refractivity contribution in [2.75, 3.05) is 6.61 Å². The zero-order valence-electron chi connectivity index (χ0n) is 14.9. The highest BCUT2D eigenvalue weighted by Crippen LogP contribution is 2.24. The van der Waals surface area contributed by atoms with Crippen LogP contribution in [0, 0.1) is 0 Å². The molecule has 4 N–H and O–H groups in total. The number of esters is 1. The lowest BCUT2D eigenvalue weighted by molar-refractivity contribution is -0.277. The monoisotopic (exact) mass is 390 g/mol. The van der Waals surface area contributed by atoms with Gasteiger partial charge >= 0.3 is 5.97 Å². The van der Waals surface area contributed by atoms with Gasteiger partial charge in [-0.15, -0.1) is 0 Å². The van der Waals surface area contributed by atoms with Crippen LogP contribution >= 0.6 is 0 Å². The van der Waals surface area contributed by atoms with Crippen LogP contribution in [0.4, 0.5) is 0 Å². The Morgan fingerprint density at radius 3 is 2.25 bits per heavy atom. The van der Waals surface area contributed by atoms with Crippen LogP contribution in [-0.4, -0.2) is 63.7 Å². The first-order valence-corrected chi connectivity index (χ1v) is 8.78. The third kappa shape index (κ3) is 4.67. The molecule has 0 aliphatic carbocycles. The molecular formula is C20H22O8. The number of hydrogen-bond acceptors (Lipinski definition) is 8. The Bertz CT molecular complexity index is 762. The summed E-state index contributed by atoms with van der Waals surface area (Å²) in [6, 6.07) is 15.2. The molecule has 5 atom stereocenters. The van der Waals surface area contributed by atoms with Crippen LogP contribution in [0.25, 0.3) is 0 Å². The van der Waals surface area contributed by atoms with Gasteiger partial charge in [-0.25, -0.2) is 4.79 Å². The van der Waals surface area contributed by atoms with Gasteiger partial charge in [0, 0.05) is 0 Å². The summed E-state index contributed by atoms with van der Waals surface area (Å²) in [5, 5.41) is 38.7. The molecule has 28 heavy (non-hydrogen) atoms. The van der Waals surface area contributed by atoms with Crippen LogP contribution < -0.4 is 4.74 Å². The lowest BCUT2D eigenvalue weighted by Crippen LogP contribution is -2.60. The van der Waals surface area contributed by atoms with Crippen molar-refractivity contribution in [1.82, 2.24) is 0 Å². The van der Waals surface area contributed by atoms with E-state index in [2.05, 4.69) is 0 Å². The number of carbonyl (C=O) groups excluding carboxylic acids is 1. The smallest absolute Gasteiger partial charge is 0.338 e. The van der Waals surface area contributed by atoms with Gasteiger partial charge in [-0.1, -0.05) is 30.3 Å². The van der Waals surface area contributed by atoms with E-state index in [9.17, 15) is 25.2 Å². The lowest BCUT2D eigenvalue weighted by Gasteiger charge is -2.39. The van der Waals surface area contributed by atoms with E-state index in [0.717, 1.165) is 5.56 Å². The van der Waals surface area contributed by atoms with Crippen molar-refractivity contribution in [3.8, 4) is 5.75 Å². The summed E-state index contributed by atoms with van der Waals surface area (Å²) in [6.45, 7) is -0.454. The van der Waals surface area contributed by atoms with Crippen molar-refractivity contribution >= 4 is 5.97 Å². The second-order valence-corrected chi connectivity index (χ2v) is 6.40. The first-order chi connectivity index (χ1) is 13.5. The van der Waals surface area contributed by atoms with Crippen molar-refractivity contribution in [2.45, 2.75) is 37.3 Å². The third-order valence-electron chi connectivity index (χ3n) is 4.40. The first kappa shape index (κ1) is 20.2. The molecule has 150 valence electrons. The van der Waals surface area contributed by atoms with Crippen LogP contribution in [0.3, 0.4) is 0 Å². The Labute approximate surface area is 161 Å². The Morgan fingerprint density at radius 1 is 0.929 bits per heavy atom. The summed E-state index contributed by atoms with van der Waals surface area (Å²) in [5.41, 5.74) is 1.19. The number of hydrogen-bond donors (Lipinski definition) is 4. The number of benzene rings is 2. The minimum absolute atomic E-state index is 0.0774. The summed E-state index contributed by atoms with van der Waals surface area (Å²) in [5.74, 6) is -0.0929. The Balaban J connectivity index is 1.56. The molecule has 0 saturated carbocycles. The average Bonchev–Trinajstić information content (AvgIpc) is 2.74. The number of carbonyl (C=O) groups is 1. The number of ether oxygens (including phenoxy) is 3. The Hall–Kier alpha value is -2.49. The molecule has 1 aliphatic rings. The highest BCUT2D eigenvalue weighted by Gasteiger charge is 2.44. The fourth-order valence-electron chi connectivity index (χ4n) is 2.77. The minimum atomic E-state index is -1.51. The van der Waals surface area contributed by atoms with Gasteiger partial charge in [-0.3, -0.25) is 0 Å². The van der Waals surface area contributed by atoms with E-state index in [0.29, 0.717) is 11.3 Å². The van der Waals surface area contributed by atoms with Crippen molar-refractivity contribution in [1.29, 1.82) is 0 Å². The van der Waals surface area contributed by atoms with Gasteiger partial charge < -0.3 is 34.6 Å². The molecule has 0 unspecified atom stereocenters. The number of rotatable bonds is 6. The van der Waals surface area contributed by atoms with Gasteiger partial charge in [0.15, 0.2) is 0 Å². The highest BCUT2D eigenvalue weighted by atomic mass is 16.7. The van der Waals surface area contributed by atoms with E-state index in [-0.39, 0.29) is 6.61 Å². The Morgan fingerprint density at radius 2 is 1.61 bits per heavy atom. The van der Waals surface area contributed by atoms with E-state index >= 15 is 0 Å². The normalized spacial score (nSPS) is 27.2. The third-order valence-corrected chi connectivity index (χ3v) is 4.40. The van der Waals surface area contributed by atoms with Crippen LogP contribution in [0.15, 0.2) is 54.6 Å². The zero-order valence-corrected chi connectivity index (χ0v) is 14.9. The van der Waals surface area contributed by atoms with Gasteiger partial charge in [-0.05, 0) is 29.8 Å². The van der Waals surface area contributed by atoms with E-state index in [1.54, 1.807) is 48.5 Å². The quantitative estimate of drug-likeness (QED) is 0.516. The maximum absolute atomic E-state index is 11.9. The molecule has 1 fully saturated rings. The molecule has 8 nitrogen and oxygen atoms in total. The summed E-state index contributed by atoms with van der Waals surface area (Å²) in [7, 11) is 0. The summed E-state index contributed by atoms with van der Waals surface area (Å²) < 4.78 is 16.0. The predicted molar refractivity (Wildman–Crippen MR) is 96.4 cm³/mol. The summed E-state index contributed by atoms with van der Waals surface area (Å²) in [4.78, 5) is 11.9. The van der Waals surface area contributed by atoms with Crippen molar-refractivity contribution < 1.29 is 39.4 Å². The SMILES string of the molecule is O=C(OCc1ccc(O[C@@H]2O[C@H](CO)[C@@H](O)[C@H](O)[C@H]2O)cc1)c1ccccc1. The maximum atomic E-state index is 11.9. The topological polar surface area (TPSA) is 126 Å². The summed E-state index contributed by atoms with van der Waals surface area (Å²) >= 11 is 0. The summed E-state index contributed by atoms with van der Waals surface area (Å²) in [6.07, 6.45) is -6.73. The van der Waals surface area contributed by atoms with Crippen LogP contribution in [-0.2, 0) is 16.1 Å². The molecule has 0 spiro atoms. The molecule has 8 heteroatoms. The van der Waals surface area contributed by atoms with Gasteiger partial charge in [0.2, 0.25) is 6.29 Å². The van der Waals surface area contributed by atoms with E-state index in [1.165, 1.54) is 0 Å². The molecule has 3 rings (SSSR count). The number of aliphatic hydroxyl groups is 4.